The maximum atomic E-state index is 11.9. The standard InChI is InChI=1S/C11H19N3O2/c12-8-4-1-3-7(8)10(15)14-9-5-2-6-13-11(9)16/h7-9H,1-6,12H2,(H,13,16)(H,14,15). The van der Waals surface area contributed by atoms with Gasteiger partial charge < -0.3 is 16.4 Å². The van der Waals surface area contributed by atoms with Gasteiger partial charge in [0.2, 0.25) is 11.8 Å². The molecule has 16 heavy (non-hydrogen) atoms. The summed E-state index contributed by atoms with van der Waals surface area (Å²) in [7, 11) is 0. The fraction of sp³-hybridized carbons (Fsp3) is 0.818. The van der Waals surface area contributed by atoms with Crippen molar-refractivity contribution in [3.8, 4) is 0 Å². The number of amides is 2. The van der Waals surface area contributed by atoms with Crippen LogP contribution in [0.3, 0.4) is 0 Å². The smallest absolute Gasteiger partial charge is 0.242 e. The maximum Gasteiger partial charge on any atom is 0.242 e. The van der Waals surface area contributed by atoms with Gasteiger partial charge in [-0.15, -0.1) is 0 Å². The molecular weight excluding hydrogens is 206 g/mol. The van der Waals surface area contributed by atoms with Crippen LogP contribution in [0.4, 0.5) is 0 Å². The predicted molar refractivity (Wildman–Crippen MR) is 59.5 cm³/mol. The molecule has 5 nitrogen and oxygen atoms in total. The van der Waals surface area contributed by atoms with Crippen LogP contribution < -0.4 is 16.4 Å². The Balaban J connectivity index is 1.88. The van der Waals surface area contributed by atoms with Crippen molar-refractivity contribution in [3.63, 3.8) is 0 Å². The number of nitrogens with two attached hydrogens (primary N) is 1. The summed E-state index contributed by atoms with van der Waals surface area (Å²) in [5.41, 5.74) is 5.86. The molecule has 2 rings (SSSR count). The van der Waals surface area contributed by atoms with Gasteiger partial charge in [-0.1, -0.05) is 6.42 Å². The van der Waals surface area contributed by atoms with Crippen LogP contribution in [0.1, 0.15) is 32.1 Å². The van der Waals surface area contributed by atoms with Crippen LogP contribution in [0.5, 0.6) is 0 Å². The Hall–Kier alpha value is -1.10. The van der Waals surface area contributed by atoms with Gasteiger partial charge in [0.05, 0.1) is 5.92 Å². The molecule has 1 heterocycles. The maximum absolute atomic E-state index is 11.9. The zero-order valence-corrected chi connectivity index (χ0v) is 9.37. The SMILES string of the molecule is NC1CCCC1C(=O)NC1CCCNC1=O. The minimum absolute atomic E-state index is 0.0355. The van der Waals surface area contributed by atoms with Crippen molar-refractivity contribution in [2.24, 2.45) is 11.7 Å². The highest BCUT2D eigenvalue weighted by atomic mass is 16.2. The van der Waals surface area contributed by atoms with Crippen molar-refractivity contribution in [2.75, 3.05) is 6.54 Å². The van der Waals surface area contributed by atoms with E-state index in [0.29, 0.717) is 6.54 Å². The van der Waals surface area contributed by atoms with E-state index in [-0.39, 0.29) is 29.8 Å². The molecule has 4 N–H and O–H groups in total. The average Bonchev–Trinajstić information content (AvgIpc) is 2.68. The first-order valence-electron chi connectivity index (χ1n) is 6.02. The quantitative estimate of drug-likeness (QED) is 0.593. The van der Waals surface area contributed by atoms with Gasteiger partial charge in [-0.3, -0.25) is 9.59 Å². The second-order valence-electron chi connectivity index (χ2n) is 4.70. The second-order valence-corrected chi connectivity index (χ2v) is 4.70. The van der Waals surface area contributed by atoms with Gasteiger partial charge in [0.1, 0.15) is 6.04 Å². The Morgan fingerprint density at radius 1 is 1.31 bits per heavy atom. The molecule has 0 aromatic heterocycles. The van der Waals surface area contributed by atoms with E-state index in [4.69, 9.17) is 5.73 Å². The first kappa shape index (κ1) is 11.4. The summed E-state index contributed by atoms with van der Waals surface area (Å²) >= 11 is 0. The normalized spacial score (nSPS) is 34.6. The zero-order chi connectivity index (χ0) is 11.5. The lowest BCUT2D eigenvalue weighted by molar-refractivity contribution is -0.132. The van der Waals surface area contributed by atoms with Crippen molar-refractivity contribution in [3.05, 3.63) is 0 Å². The molecule has 2 aliphatic rings. The van der Waals surface area contributed by atoms with Gasteiger partial charge >= 0.3 is 0 Å². The monoisotopic (exact) mass is 225 g/mol. The molecular formula is C11H19N3O2. The van der Waals surface area contributed by atoms with Gasteiger partial charge in [0.15, 0.2) is 0 Å². The third kappa shape index (κ3) is 2.35. The van der Waals surface area contributed by atoms with Crippen LogP contribution in [0.25, 0.3) is 0 Å². The molecule has 1 saturated heterocycles. The number of carbonyl (C=O) groups is 2. The summed E-state index contributed by atoms with van der Waals surface area (Å²) in [6, 6.07) is -0.388. The molecule has 2 fully saturated rings. The lowest BCUT2D eigenvalue weighted by atomic mass is 10.0. The van der Waals surface area contributed by atoms with E-state index in [1.54, 1.807) is 0 Å². The van der Waals surface area contributed by atoms with Crippen LogP contribution in [-0.2, 0) is 9.59 Å². The van der Waals surface area contributed by atoms with E-state index in [1.807, 2.05) is 0 Å². The molecule has 5 heteroatoms. The lowest BCUT2D eigenvalue weighted by Gasteiger charge is -2.25. The molecule has 0 aromatic carbocycles. The summed E-state index contributed by atoms with van der Waals surface area (Å²) in [4.78, 5) is 23.4. The van der Waals surface area contributed by atoms with E-state index in [1.165, 1.54) is 0 Å². The summed E-state index contributed by atoms with van der Waals surface area (Å²) < 4.78 is 0. The van der Waals surface area contributed by atoms with E-state index in [0.717, 1.165) is 32.1 Å². The fourth-order valence-electron chi connectivity index (χ4n) is 2.50. The molecule has 1 aliphatic carbocycles. The topological polar surface area (TPSA) is 84.2 Å². The Morgan fingerprint density at radius 3 is 2.75 bits per heavy atom. The number of nitrogens with one attached hydrogen (secondary N) is 2. The predicted octanol–water partition coefficient (Wildman–Crippen LogP) is -0.491. The number of rotatable bonds is 2. The third-order valence-corrected chi connectivity index (χ3v) is 3.51. The zero-order valence-electron chi connectivity index (χ0n) is 9.37. The van der Waals surface area contributed by atoms with E-state index in [2.05, 4.69) is 10.6 Å². The van der Waals surface area contributed by atoms with E-state index in [9.17, 15) is 9.59 Å². The molecule has 3 atom stereocenters. The summed E-state index contributed by atoms with van der Waals surface area (Å²) in [5, 5.41) is 5.56. The average molecular weight is 225 g/mol. The van der Waals surface area contributed by atoms with Gasteiger partial charge in [0.25, 0.3) is 0 Å². The van der Waals surface area contributed by atoms with Gasteiger partial charge in [0, 0.05) is 12.6 Å². The highest BCUT2D eigenvalue weighted by molar-refractivity contribution is 5.89. The molecule has 0 aromatic rings. The first-order valence-corrected chi connectivity index (χ1v) is 6.02. The van der Waals surface area contributed by atoms with E-state index >= 15 is 0 Å². The lowest BCUT2D eigenvalue weighted by Crippen LogP contribution is -2.52. The molecule has 0 spiro atoms. The minimum Gasteiger partial charge on any atom is -0.354 e. The third-order valence-electron chi connectivity index (χ3n) is 3.51. The van der Waals surface area contributed by atoms with Crippen LogP contribution >= 0.6 is 0 Å². The Bertz CT molecular complexity index is 293. The summed E-state index contributed by atoms with van der Waals surface area (Å²) in [6.07, 6.45) is 4.43. The van der Waals surface area contributed by atoms with E-state index < -0.39 is 0 Å². The molecule has 90 valence electrons. The van der Waals surface area contributed by atoms with Crippen molar-refractivity contribution >= 4 is 11.8 Å². The number of hydrogen-bond donors (Lipinski definition) is 3. The van der Waals surface area contributed by atoms with Crippen LogP contribution in [0.15, 0.2) is 0 Å². The largest absolute Gasteiger partial charge is 0.354 e. The number of piperidine rings is 1. The second kappa shape index (κ2) is 4.82. The highest BCUT2D eigenvalue weighted by Crippen LogP contribution is 2.24. The molecule has 3 unspecified atom stereocenters. The van der Waals surface area contributed by atoms with Gasteiger partial charge in [-0.2, -0.15) is 0 Å². The molecule has 1 aliphatic heterocycles. The first-order chi connectivity index (χ1) is 7.68. The van der Waals surface area contributed by atoms with Crippen molar-refractivity contribution in [1.82, 2.24) is 10.6 Å². The Morgan fingerprint density at radius 2 is 2.12 bits per heavy atom. The number of hydrogen-bond acceptors (Lipinski definition) is 3. The van der Waals surface area contributed by atoms with Crippen LogP contribution in [-0.4, -0.2) is 30.4 Å². The van der Waals surface area contributed by atoms with Crippen molar-refractivity contribution < 1.29 is 9.59 Å². The Kier molecular flexibility index (Phi) is 3.43. The molecule has 1 saturated carbocycles. The van der Waals surface area contributed by atoms with Crippen LogP contribution in [0, 0.1) is 5.92 Å². The molecule has 2 amide bonds. The number of carbonyl (C=O) groups excluding carboxylic acids is 2. The minimum atomic E-state index is -0.353. The van der Waals surface area contributed by atoms with Crippen molar-refractivity contribution in [2.45, 2.75) is 44.2 Å². The van der Waals surface area contributed by atoms with Gasteiger partial charge in [-0.05, 0) is 25.7 Å². The summed E-state index contributed by atoms with van der Waals surface area (Å²) in [5.74, 6) is -0.215. The van der Waals surface area contributed by atoms with Crippen LogP contribution in [0.2, 0.25) is 0 Å². The van der Waals surface area contributed by atoms with Crippen molar-refractivity contribution in [1.29, 1.82) is 0 Å². The highest BCUT2D eigenvalue weighted by Gasteiger charge is 2.33. The molecule has 0 bridgehead atoms. The fourth-order valence-corrected chi connectivity index (χ4v) is 2.50. The Labute approximate surface area is 95.1 Å². The molecule has 0 radical (unpaired) electrons. The summed E-state index contributed by atoms with van der Waals surface area (Å²) in [6.45, 7) is 0.716. The van der Waals surface area contributed by atoms with Gasteiger partial charge in [-0.25, -0.2) is 0 Å².